The van der Waals surface area contributed by atoms with Crippen LogP contribution in [0.3, 0.4) is 0 Å². The van der Waals surface area contributed by atoms with Gasteiger partial charge in [0.2, 0.25) is 11.7 Å². The van der Waals surface area contributed by atoms with E-state index in [2.05, 4.69) is 15.5 Å². The highest BCUT2D eigenvalue weighted by Gasteiger charge is 2.20. The molecule has 0 spiro atoms. The minimum atomic E-state index is 0.0527. The average Bonchev–Trinajstić information content (AvgIpc) is 3.04. The number of rotatable bonds is 9. The van der Waals surface area contributed by atoms with Crippen molar-refractivity contribution in [2.75, 3.05) is 27.1 Å². The standard InChI is InChI=1S/C22H32N4O4S/c1-5-26-21(15-12-17(28-2)20(30-4)18(13-15)29-3)24-25-22(26)31-14-19(27)23-16-10-8-6-7-9-11-16/h12-13,16H,5-11,14H2,1-4H3,(H,23,27). The van der Waals surface area contributed by atoms with Crippen molar-refractivity contribution >= 4 is 17.7 Å². The summed E-state index contributed by atoms with van der Waals surface area (Å²) < 4.78 is 18.3. The number of carbonyl (C=O) groups excluding carboxylic acids is 1. The fourth-order valence-electron chi connectivity index (χ4n) is 3.93. The SMILES string of the molecule is CCn1c(SCC(=O)NC2CCCCCC2)nnc1-c1cc(OC)c(OC)c(OC)c1. The van der Waals surface area contributed by atoms with Crippen LogP contribution in [0.1, 0.15) is 45.4 Å². The van der Waals surface area contributed by atoms with Gasteiger partial charge in [-0.05, 0) is 31.9 Å². The molecular formula is C22H32N4O4S. The van der Waals surface area contributed by atoms with Crippen LogP contribution >= 0.6 is 11.8 Å². The Morgan fingerprint density at radius 1 is 1.06 bits per heavy atom. The molecule has 3 rings (SSSR count). The maximum Gasteiger partial charge on any atom is 0.230 e. The monoisotopic (exact) mass is 448 g/mol. The molecule has 31 heavy (non-hydrogen) atoms. The Morgan fingerprint density at radius 3 is 2.26 bits per heavy atom. The summed E-state index contributed by atoms with van der Waals surface area (Å²) in [6, 6.07) is 4.00. The van der Waals surface area contributed by atoms with E-state index in [1.807, 2.05) is 23.6 Å². The Morgan fingerprint density at radius 2 is 1.71 bits per heavy atom. The lowest BCUT2D eigenvalue weighted by Crippen LogP contribution is -2.35. The second kappa shape index (κ2) is 11.3. The number of nitrogens with zero attached hydrogens (tertiary/aromatic N) is 3. The predicted octanol–water partition coefficient (Wildman–Crippen LogP) is 3.92. The zero-order chi connectivity index (χ0) is 22.2. The second-order valence-electron chi connectivity index (χ2n) is 7.51. The molecule has 1 heterocycles. The Kier molecular flexibility index (Phi) is 8.45. The van der Waals surface area contributed by atoms with Gasteiger partial charge in [0.15, 0.2) is 22.5 Å². The van der Waals surface area contributed by atoms with Crippen molar-refractivity contribution < 1.29 is 19.0 Å². The maximum absolute atomic E-state index is 12.5. The number of amides is 1. The highest BCUT2D eigenvalue weighted by Crippen LogP contribution is 2.41. The van der Waals surface area contributed by atoms with Gasteiger partial charge in [0, 0.05) is 18.2 Å². The molecular weight excluding hydrogens is 416 g/mol. The van der Waals surface area contributed by atoms with Crippen molar-refractivity contribution in [3.63, 3.8) is 0 Å². The molecule has 1 fully saturated rings. The summed E-state index contributed by atoms with van der Waals surface area (Å²) in [6.45, 7) is 2.70. The van der Waals surface area contributed by atoms with E-state index >= 15 is 0 Å². The number of methoxy groups -OCH3 is 3. The van der Waals surface area contributed by atoms with E-state index in [-0.39, 0.29) is 5.91 Å². The van der Waals surface area contributed by atoms with Gasteiger partial charge >= 0.3 is 0 Å². The topological polar surface area (TPSA) is 87.5 Å². The van der Waals surface area contributed by atoms with Gasteiger partial charge in [-0.1, -0.05) is 37.4 Å². The molecule has 1 aliphatic carbocycles. The molecule has 1 N–H and O–H groups in total. The normalized spacial score (nSPS) is 14.7. The summed E-state index contributed by atoms with van der Waals surface area (Å²) in [7, 11) is 4.74. The van der Waals surface area contributed by atoms with Gasteiger partial charge in [-0.15, -0.1) is 10.2 Å². The molecule has 1 saturated carbocycles. The first-order valence-corrected chi connectivity index (χ1v) is 11.8. The van der Waals surface area contributed by atoms with Gasteiger partial charge in [-0.25, -0.2) is 0 Å². The van der Waals surface area contributed by atoms with Gasteiger partial charge in [0.05, 0.1) is 27.1 Å². The Hall–Kier alpha value is -2.42. The molecule has 8 nitrogen and oxygen atoms in total. The first kappa shape index (κ1) is 23.2. The van der Waals surface area contributed by atoms with Crippen LogP contribution in [-0.4, -0.2) is 53.8 Å². The summed E-state index contributed by atoms with van der Waals surface area (Å²) in [6.07, 6.45) is 7.08. The molecule has 0 aliphatic heterocycles. The van der Waals surface area contributed by atoms with Crippen molar-refractivity contribution in [3.05, 3.63) is 12.1 Å². The van der Waals surface area contributed by atoms with Crippen LogP contribution in [0.5, 0.6) is 17.2 Å². The number of benzene rings is 1. The quantitative estimate of drug-likeness (QED) is 0.459. The minimum Gasteiger partial charge on any atom is -0.493 e. The predicted molar refractivity (Wildman–Crippen MR) is 121 cm³/mol. The number of thioether (sulfide) groups is 1. The molecule has 170 valence electrons. The van der Waals surface area contributed by atoms with Crippen molar-refractivity contribution in [1.29, 1.82) is 0 Å². The molecule has 1 aliphatic rings. The second-order valence-corrected chi connectivity index (χ2v) is 8.45. The van der Waals surface area contributed by atoms with E-state index in [1.165, 1.54) is 37.4 Å². The van der Waals surface area contributed by atoms with Gasteiger partial charge in [0.1, 0.15) is 0 Å². The Labute approximate surface area is 188 Å². The van der Waals surface area contributed by atoms with Crippen molar-refractivity contribution in [2.45, 2.75) is 63.2 Å². The molecule has 1 aromatic heterocycles. The minimum absolute atomic E-state index is 0.0527. The number of carbonyl (C=O) groups is 1. The van der Waals surface area contributed by atoms with Gasteiger partial charge < -0.3 is 24.1 Å². The third-order valence-corrected chi connectivity index (χ3v) is 6.48. The number of hydrogen-bond donors (Lipinski definition) is 1. The highest BCUT2D eigenvalue weighted by molar-refractivity contribution is 7.99. The number of nitrogens with one attached hydrogen (secondary N) is 1. The lowest BCUT2D eigenvalue weighted by molar-refractivity contribution is -0.119. The molecule has 0 unspecified atom stereocenters. The summed E-state index contributed by atoms with van der Waals surface area (Å²) in [5.74, 6) is 2.70. The Balaban J connectivity index is 1.74. The summed E-state index contributed by atoms with van der Waals surface area (Å²) in [4.78, 5) is 12.5. The largest absolute Gasteiger partial charge is 0.493 e. The van der Waals surface area contributed by atoms with E-state index < -0.39 is 0 Å². The lowest BCUT2D eigenvalue weighted by Gasteiger charge is -2.16. The van der Waals surface area contributed by atoms with Crippen LogP contribution < -0.4 is 19.5 Å². The van der Waals surface area contributed by atoms with Crippen LogP contribution in [0.25, 0.3) is 11.4 Å². The summed E-state index contributed by atoms with van der Waals surface area (Å²) in [5.41, 5.74) is 0.804. The fraction of sp³-hybridized carbons (Fsp3) is 0.591. The zero-order valence-corrected chi connectivity index (χ0v) is 19.6. The van der Waals surface area contributed by atoms with Crippen molar-refractivity contribution in [1.82, 2.24) is 20.1 Å². The van der Waals surface area contributed by atoms with Crippen LogP contribution in [0.4, 0.5) is 0 Å². The molecule has 0 radical (unpaired) electrons. The molecule has 0 atom stereocenters. The van der Waals surface area contributed by atoms with E-state index in [4.69, 9.17) is 14.2 Å². The fourth-order valence-corrected chi connectivity index (χ4v) is 4.74. The zero-order valence-electron chi connectivity index (χ0n) is 18.8. The third kappa shape index (κ3) is 5.64. The summed E-state index contributed by atoms with van der Waals surface area (Å²) >= 11 is 1.41. The van der Waals surface area contributed by atoms with Crippen LogP contribution in [-0.2, 0) is 11.3 Å². The van der Waals surface area contributed by atoms with Gasteiger partial charge in [0.25, 0.3) is 0 Å². The number of ether oxygens (including phenoxy) is 3. The van der Waals surface area contributed by atoms with E-state index in [0.29, 0.717) is 46.6 Å². The maximum atomic E-state index is 12.5. The van der Waals surface area contributed by atoms with Crippen LogP contribution in [0, 0.1) is 0 Å². The van der Waals surface area contributed by atoms with E-state index in [1.54, 1.807) is 21.3 Å². The van der Waals surface area contributed by atoms with Crippen LogP contribution in [0.2, 0.25) is 0 Å². The third-order valence-electron chi connectivity index (χ3n) is 5.51. The Bertz CT molecular complexity index is 853. The average molecular weight is 449 g/mol. The van der Waals surface area contributed by atoms with Crippen molar-refractivity contribution in [3.8, 4) is 28.6 Å². The molecule has 0 bridgehead atoms. The van der Waals surface area contributed by atoms with E-state index in [0.717, 1.165) is 18.4 Å². The molecule has 1 aromatic carbocycles. The number of hydrogen-bond acceptors (Lipinski definition) is 7. The van der Waals surface area contributed by atoms with E-state index in [9.17, 15) is 4.79 Å². The number of aromatic nitrogens is 3. The lowest BCUT2D eigenvalue weighted by atomic mass is 10.1. The molecule has 9 heteroatoms. The summed E-state index contributed by atoms with van der Waals surface area (Å²) in [5, 5.41) is 12.6. The first-order chi connectivity index (χ1) is 15.1. The van der Waals surface area contributed by atoms with Crippen molar-refractivity contribution in [2.24, 2.45) is 0 Å². The smallest absolute Gasteiger partial charge is 0.230 e. The molecule has 2 aromatic rings. The van der Waals surface area contributed by atoms with Crippen LogP contribution in [0.15, 0.2) is 17.3 Å². The molecule has 1 amide bonds. The highest BCUT2D eigenvalue weighted by atomic mass is 32.2. The van der Waals surface area contributed by atoms with Gasteiger partial charge in [-0.3, -0.25) is 4.79 Å². The molecule has 0 saturated heterocycles. The van der Waals surface area contributed by atoms with Gasteiger partial charge in [-0.2, -0.15) is 0 Å². The first-order valence-electron chi connectivity index (χ1n) is 10.8.